The molecule has 0 saturated carbocycles. The lowest BCUT2D eigenvalue weighted by molar-refractivity contribution is -0.382. The maximum absolute atomic E-state index is 12.9. The Morgan fingerprint density at radius 1 is 1.20 bits per heavy atom. The van der Waals surface area contributed by atoms with E-state index >= 15 is 0 Å². The van der Waals surface area contributed by atoms with Crippen molar-refractivity contribution in [3.05, 3.63) is 56.7 Å². The quantitative estimate of drug-likeness (QED) is 0.415. The summed E-state index contributed by atoms with van der Waals surface area (Å²) >= 11 is 1.28. The topological polar surface area (TPSA) is 75.5 Å². The number of halogens is 1. The summed E-state index contributed by atoms with van der Waals surface area (Å²) in [6.07, 6.45) is 0. The average Bonchev–Trinajstić information content (AvgIpc) is 2.54. The molecule has 2 aromatic carbocycles. The van der Waals surface area contributed by atoms with E-state index in [1.165, 1.54) is 17.4 Å². The molecule has 1 aromatic heterocycles. The highest BCUT2D eigenvalue weighted by molar-refractivity contribution is 7.25. The van der Waals surface area contributed by atoms with E-state index in [-0.39, 0.29) is 23.5 Å². The van der Waals surface area contributed by atoms with E-state index in [1.54, 1.807) is 18.2 Å². The second-order valence-electron chi connectivity index (χ2n) is 5.75. The smallest absolute Gasteiger partial charge is 0.287 e. The number of non-ortho nitro benzene ring substituents is 1. The SMILES string of the molecule is CN(C)CCNc1ccc([N+](=O)[O-])c2sc3ccccc3c(=O)c12.Cl. The van der Waals surface area contributed by atoms with Crippen LogP contribution in [-0.2, 0) is 0 Å². The molecule has 3 rings (SSSR count). The summed E-state index contributed by atoms with van der Waals surface area (Å²) in [6, 6.07) is 10.3. The Hall–Kier alpha value is -2.22. The molecule has 8 heteroatoms. The number of fused-ring (bicyclic) bond motifs is 2. The summed E-state index contributed by atoms with van der Waals surface area (Å²) in [5.74, 6) is 0. The molecule has 0 saturated heterocycles. The minimum Gasteiger partial charge on any atom is -0.383 e. The summed E-state index contributed by atoms with van der Waals surface area (Å²) in [5, 5.41) is 15.6. The van der Waals surface area contributed by atoms with Crippen LogP contribution < -0.4 is 10.7 Å². The third-order valence-corrected chi connectivity index (χ3v) is 4.97. The van der Waals surface area contributed by atoms with Crippen LogP contribution in [0.4, 0.5) is 11.4 Å². The van der Waals surface area contributed by atoms with E-state index < -0.39 is 4.92 Å². The number of hydrogen-bond donors (Lipinski definition) is 1. The molecule has 25 heavy (non-hydrogen) atoms. The Morgan fingerprint density at radius 3 is 2.60 bits per heavy atom. The van der Waals surface area contributed by atoms with Crippen LogP contribution in [0.5, 0.6) is 0 Å². The van der Waals surface area contributed by atoms with Crippen LogP contribution in [0.2, 0.25) is 0 Å². The number of likely N-dealkylation sites (N-methyl/N-ethyl adjacent to an activating group) is 1. The first kappa shape index (κ1) is 19.1. The van der Waals surface area contributed by atoms with Crippen LogP contribution in [0.15, 0.2) is 41.2 Å². The predicted molar refractivity (Wildman–Crippen MR) is 107 cm³/mol. The Labute approximate surface area is 154 Å². The van der Waals surface area contributed by atoms with Gasteiger partial charge in [0, 0.05) is 34.9 Å². The fourth-order valence-electron chi connectivity index (χ4n) is 2.59. The largest absolute Gasteiger partial charge is 0.383 e. The van der Waals surface area contributed by atoms with Gasteiger partial charge in [-0.2, -0.15) is 0 Å². The molecule has 0 aliphatic carbocycles. The number of nitrogens with one attached hydrogen (secondary N) is 1. The zero-order valence-electron chi connectivity index (χ0n) is 13.8. The third kappa shape index (κ3) is 3.73. The van der Waals surface area contributed by atoms with Crippen LogP contribution in [0.1, 0.15) is 0 Å². The first-order chi connectivity index (χ1) is 11.5. The normalized spacial score (nSPS) is 10.8. The minimum absolute atomic E-state index is 0. The van der Waals surface area contributed by atoms with Crippen molar-refractivity contribution in [2.45, 2.75) is 0 Å². The van der Waals surface area contributed by atoms with Crippen molar-refractivity contribution < 1.29 is 4.92 Å². The maximum atomic E-state index is 12.9. The molecule has 0 bridgehead atoms. The molecule has 132 valence electrons. The first-order valence-electron chi connectivity index (χ1n) is 7.50. The van der Waals surface area contributed by atoms with Crippen molar-refractivity contribution in [2.24, 2.45) is 0 Å². The fourth-order valence-corrected chi connectivity index (χ4v) is 3.78. The molecule has 6 nitrogen and oxygen atoms in total. The van der Waals surface area contributed by atoms with E-state index in [2.05, 4.69) is 5.32 Å². The van der Waals surface area contributed by atoms with Gasteiger partial charge in [-0.25, -0.2) is 0 Å². The van der Waals surface area contributed by atoms with E-state index in [4.69, 9.17) is 0 Å². The highest BCUT2D eigenvalue weighted by atomic mass is 35.5. The highest BCUT2D eigenvalue weighted by Crippen LogP contribution is 2.35. The van der Waals surface area contributed by atoms with Crippen molar-refractivity contribution in [3.63, 3.8) is 0 Å². The third-order valence-electron chi connectivity index (χ3n) is 3.78. The van der Waals surface area contributed by atoms with Gasteiger partial charge in [0.05, 0.1) is 10.3 Å². The molecule has 0 amide bonds. The monoisotopic (exact) mass is 379 g/mol. The van der Waals surface area contributed by atoms with Gasteiger partial charge in [0.2, 0.25) is 0 Å². The lowest BCUT2D eigenvalue weighted by Gasteiger charge is -2.13. The number of hydrogen-bond acceptors (Lipinski definition) is 6. The molecule has 1 N–H and O–H groups in total. The van der Waals surface area contributed by atoms with Gasteiger partial charge in [-0.05, 0) is 32.3 Å². The number of rotatable bonds is 5. The van der Waals surface area contributed by atoms with Gasteiger partial charge < -0.3 is 10.2 Å². The molecule has 1 heterocycles. The van der Waals surface area contributed by atoms with Crippen LogP contribution in [-0.4, -0.2) is 37.0 Å². The van der Waals surface area contributed by atoms with Crippen molar-refractivity contribution in [3.8, 4) is 0 Å². The number of nitro groups is 1. The molecule has 0 unspecified atom stereocenters. The second-order valence-corrected chi connectivity index (χ2v) is 6.80. The van der Waals surface area contributed by atoms with Crippen LogP contribution in [0.25, 0.3) is 20.2 Å². The molecule has 0 fully saturated rings. The summed E-state index contributed by atoms with van der Waals surface area (Å²) in [4.78, 5) is 25.9. The molecular weight excluding hydrogens is 362 g/mol. The molecule has 0 radical (unpaired) electrons. The van der Waals surface area contributed by atoms with Gasteiger partial charge in [0.1, 0.15) is 4.70 Å². The summed E-state index contributed by atoms with van der Waals surface area (Å²) in [5.41, 5.74) is 0.441. The Morgan fingerprint density at radius 2 is 1.92 bits per heavy atom. The van der Waals surface area contributed by atoms with Crippen molar-refractivity contribution in [2.75, 3.05) is 32.5 Å². The Kier molecular flexibility index (Phi) is 5.94. The number of nitrogens with zero attached hydrogens (tertiary/aromatic N) is 2. The maximum Gasteiger partial charge on any atom is 0.287 e. The molecule has 3 aromatic rings. The Balaban J connectivity index is 0.00000225. The Bertz CT molecular complexity index is 988. The van der Waals surface area contributed by atoms with Crippen molar-refractivity contribution in [1.29, 1.82) is 0 Å². The van der Waals surface area contributed by atoms with Crippen LogP contribution in [0.3, 0.4) is 0 Å². The molecular formula is C17H18ClN3O3S. The zero-order valence-corrected chi connectivity index (χ0v) is 15.4. The zero-order chi connectivity index (χ0) is 17.3. The predicted octanol–water partition coefficient (Wildman–Crippen LogP) is 3.72. The molecule has 0 aliphatic rings. The van der Waals surface area contributed by atoms with Crippen molar-refractivity contribution in [1.82, 2.24) is 4.90 Å². The van der Waals surface area contributed by atoms with Gasteiger partial charge in [-0.3, -0.25) is 14.9 Å². The van der Waals surface area contributed by atoms with Gasteiger partial charge in [0.15, 0.2) is 5.43 Å². The molecule has 0 atom stereocenters. The van der Waals surface area contributed by atoms with E-state index in [0.717, 1.165) is 11.2 Å². The lowest BCUT2D eigenvalue weighted by atomic mass is 10.1. The van der Waals surface area contributed by atoms with Gasteiger partial charge in [0.25, 0.3) is 5.69 Å². The fraction of sp³-hybridized carbons (Fsp3) is 0.235. The van der Waals surface area contributed by atoms with E-state index in [9.17, 15) is 14.9 Å². The van der Waals surface area contributed by atoms with Crippen molar-refractivity contribution >= 4 is 55.3 Å². The number of anilines is 1. The summed E-state index contributed by atoms with van der Waals surface area (Å²) in [7, 11) is 3.93. The molecule has 0 spiro atoms. The highest BCUT2D eigenvalue weighted by Gasteiger charge is 2.19. The van der Waals surface area contributed by atoms with Gasteiger partial charge >= 0.3 is 0 Å². The van der Waals surface area contributed by atoms with Gasteiger partial charge in [-0.15, -0.1) is 23.7 Å². The summed E-state index contributed by atoms with van der Waals surface area (Å²) < 4.78 is 1.17. The van der Waals surface area contributed by atoms with E-state index in [0.29, 0.717) is 27.7 Å². The number of nitro benzene ring substituents is 1. The number of benzene rings is 2. The minimum atomic E-state index is -0.434. The average molecular weight is 380 g/mol. The lowest BCUT2D eigenvalue weighted by Crippen LogP contribution is -2.21. The summed E-state index contributed by atoms with van der Waals surface area (Å²) in [6.45, 7) is 1.44. The van der Waals surface area contributed by atoms with Gasteiger partial charge in [-0.1, -0.05) is 12.1 Å². The van der Waals surface area contributed by atoms with E-state index in [1.807, 2.05) is 31.1 Å². The molecule has 0 aliphatic heterocycles. The van der Waals surface area contributed by atoms with Crippen LogP contribution >= 0.6 is 23.7 Å². The second kappa shape index (κ2) is 7.77. The van der Waals surface area contributed by atoms with Crippen LogP contribution in [0, 0.1) is 10.1 Å². The standard InChI is InChI=1S/C17H17N3O3S.ClH/c1-19(2)10-9-18-12-7-8-13(20(22)23)17-15(12)16(21)11-5-3-4-6-14(11)24-17;/h3-8,18H,9-10H2,1-2H3;1H. The first-order valence-corrected chi connectivity index (χ1v) is 8.32.